The highest BCUT2D eigenvalue weighted by Crippen LogP contribution is 2.29. The van der Waals surface area contributed by atoms with E-state index in [4.69, 9.17) is 4.74 Å². The van der Waals surface area contributed by atoms with Gasteiger partial charge in [-0.05, 0) is 74.6 Å². The highest BCUT2D eigenvalue weighted by atomic mass is 16.5. The molecule has 0 bridgehead atoms. The fraction of sp³-hybridized carbons (Fsp3) is 0.682. The van der Waals surface area contributed by atoms with E-state index < -0.39 is 0 Å². The Labute approximate surface area is 157 Å². The van der Waals surface area contributed by atoms with E-state index in [-0.39, 0.29) is 5.91 Å². The minimum atomic E-state index is 0.0491. The van der Waals surface area contributed by atoms with Gasteiger partial charge < -0.3 is 15.0 Å². The Balaban J connectivity index is 1.19. The zero-order valence-electron chi connectivity index (χ0n) is 15.8. The first-order chi connectivity index (χ1) is 12.8. The van der Waals surface area contributed by atoms with Gasteiger partial charge in [-0.3, -0.25) is 4.79 Å². The van der Waals surface area contributed by atoms with E-state index in [1.165, 1.54) is 45.1 Å². The molecule has 3 fully saturated rings. The molecule has 0 atom stereocenters. The molecule has 4 rings (SSSR count). The van der Waals surface area contributed by atoms with Gasteiger partial charge in [0, 0.05) is 31.2 Å². The molecule has 1 amide bonds. The average molecular weight is 357 g/mol. The van der Waals surface area contributed by atoms with Crippen LogP contribution >= 0.6 is 0 Å². The maximum Gasteiger partial charge on any atom is 0.251 e. The van der Waals surface area contributed by atoms with Crippen molar-refractivity contribution < 1.29 is 9.53 Å². The summed E-state index contributed by atoms with van der Waals surface area (Å²) in [6.07, 6.45) is 10.4. The lowest BCUT2D eigenvalue weighted by atomic mass is 10.0. The van der Waals surface area contributed by atoms with E-state index in [1.807, 2.05) is 24.3 Å². The van der Waals surface area contributed by atoms with Gasteiger partial charge in [0.15, 0.2) is 0 Å². The molecule has 1 heterocycles. The van der Waals surface area contributed by atoms with Crippen LogP contribution < -0.4 is 10.1 Å². The lowest BCUT2D eigenvalue weighted by molar-refractivity contribution is 0.0905. The minimum absolute atomic E-state index is 0.0491. The predicted octanol–water partition coefficient (Wildman–Crippen LogP) is 3.86. The molecule has 26 heavy (non-hydrogen) atoms. The Bertz CT molecular complexity index is 583. The molecule has 1 aromatic carbocycles. The van der Waals surface area contributed by atoms with Crippen molar-refractivity contribution in [3.63, 3.8) is 0 Å². The van der Waals surface area contributed by atoms with Crippen molar-refractivity contribution in [2.75, 3.05) is 26.2 Å². The smallest absolute Gasteiger partial charge is 0.251 e. The van der Waals surface area contributed by atoms with Crippen LogP contribution in [-0.4, -0.2) is 43.1 Å². The van der Waals surface area contributed by atoms with Crippen LogP contribution in [-0.2, 0) is 0 Å². The van der Waals surface area contributed by atoms with E-state index in [2.05, 4.69) is 10.2 Å². The molecule has 142 valence electrons. The molecule has 0 spiro atoms. The van der Waals surface area contributed by atoms with Gasteiger partial charge in [0.1, 0.15) is 5.75 Å². The highest BCUT2D eigenvalue weighted by molar-refractivity contribution is 5.94. The summed E-state index contributed by atoms with van der Waals surface area (Å²) in [5.41, 5.74) is 0.733. The van der Waals surface area contributed by atoms with Crippen LogP contribution in [0.2, 0.25) is 0 Å². The topological polar surface area (TPSA) is 41.6 Å². The number of nitrogens with zero attached hydrogens (tertiary/aromatic N) is 1. The molecule has 2 aliphatic carbocycles. The Kier molecular flexibility index (Phi) is 5.78. The molecular weight excluding hydrogens is 324 g/mol. The normalized spacial score (nSPS) is 22.5. The highest BCUT2D eigenvalue weighted by Gasteiger charge is 2.25. The third kappa shape index (κ3) is 5.00. The van der Waals surface area contributed by atoms with Crippen molar-refractivity contribution in [3.8, 4) is 5.75 Å². The summed E-state index contributed by atoms with van der Waals surface area (Å²) < 4.78 is 5.74. The van der Waals surface area contributed by atoms with Gasteiger partial charge in [-0.25, -0.2) is 0 Å². The maximum atomic E-state index is 12.5. The lowest BCUT2D eigenvalue weighted by Crippen LogP contribution is -2.45. The van der Waals surface area contributed by atoms with Gasteiger partial charge in [-0.15, -0.1) is 0 Å². The van der Waals surface area contributed by atoms with Gasteiger partial charge >= 0.3 is 0 Å². The quantitative estimate of drug-likeness (QED) is 0.807. The van der Waals surface area contributed by atoms with Crippen LogP contribution in [0.15, 0.2) is 24.3 Å². The van der Waals surface area contributed by atoms with Crippen LogP contribution in [0.25, 0.3) is 0 Å². The lowest BCUT2D eigenvalue weighted by Gasteiger charge is -2.33. The Morgan fingerprint density at radius 2 is 1.65 bits per heavy atom. The Morgan fingerprint density at radius 1 is 0.962 bits per heavy atom. The fourth-order valence-electron chi connectivity index (χ4n) is 4.29. The Morgan fingerprint density at radius 3 is 2.31 bits per heavy atom. The molecule has 1 aromatic rings. The van der Waals surface area contributed by atoms with E-state index in [9.17, 15) is 4.79 Å². The van der Waals surface area contributed by atoms with Crippen LogP contribution in [0.4, 0.5) is 0 Å². The molecule has 1 saturated heterocycles. The maximum absolute atomic E-state index is 12.5. The van der Waals surface area contributed by atoms with Crippen molar-refractivity contribution in [2.24, 2.45) is 11.8 Å². The third-order valence-corrected chi connectivity index (χ3v) is 6.21. The number of hydrogen-bond donors (Lipinski definition) is 1. The fourth-order valence-corrected chi connectivity index (χ4v) is 4.29. The standard InChI is InChI=1S/C22H32N2O2/c25-22(19-7-9-21(10-8-19)26-16-18-5-6-18)23-20-11-13-24(14-12-20)15-17-3-1-2-4-17/h7-10,17-18,20H,1-6,11-16H2,(H,23,25). The van der Waals surface area contributed by atoms with Crippen molar-refractivity contribution in [1.82, 2.24) is 10.2 Å². The summed E-state index contributed by atoms with van der Waals surface area (Å²) in [5, 5.41) is 3.22. The van der Waals surface area contributed by atoms with Crippen LogP contribution in [0.5, 0.6) is 5.75 Å². The Hall–Kier alpha value is -1.55. The zero-order valence-corrected chi connectivity index (χ0v) is 15.8. The second-order valence-corrected chi connectivity index (χ2v) is 8.48. The minimum Gasteiger partial charge on any atom is -0.493 e. The molecule has 0 unspecified atom stereocenters. The third-order valence-electron chi connectivity index (χ3n) is 6.21. The van der Waals surface area contributed by atoms with Crippen LogP contribution in [0.1, 0.15) is 61.7 Å². The number of hydrogen-bond acceptors (Lipinski definition) is 3. The van der Waals surface area contributed by atoms with Gasteiger partial charge in [-0.2, -0.15) is 0 Å². The first-order valence-corrected chi connectivity index (χ1v) is 10.5. The number of rotatable bonds is 7. The summed E-state index contributed by atoms with van der Waals surface area (Å²) in [6.45, 7) is 4.32. The summed E-state index contributed by atoms with van der Waals surface area (Å²) in [7, 11) is 0. The number of likely N-dealkylation sites (tertiary alicyclic amines) is 1. The number of carbonyl (C=O) groups excluding carboxylic acids is 1. The van der Waals surface area contributed by atoms with Crippen molar-refractivity contribution in [3.05, 3.63) is 29.8 Å². The molecule has 0 radical (unpaired) electrons. The molecule has 0 aromatic heterocycles. The SMILES string of the molecule is O=C(NC1CCN(CC2CCCC2)CC1)c1ccc(OCC2CC2)cc1. The van der Waals surface area contributed by atoms with Gasteiger partial charge in [0.05, 0.1) is 6.61 Å². The largest absolute Gasteiger partial charge is 0.493 e. The first kappa shape index (κ1) is 17.8. The van der Waals surface area contributed by atoms with Crippen LogP contribution in [0.3, 0.4) is 0 Å². The molecule has 4 nitrogen and oxygen atoms in total. The van der Waals surface area contributed by atoms with Gasteiger partial charge in [0.25, 0.3) is 5.91 Å². The number of piperidine rings is 1. The molecule has 2 saturated carbocycles. The van der Waals surface area contributed by atoms with Gasteiger partial charge in [0.2, 0.25) is 0 Å². The summed E-state index contributed by atoms with van der Waals surface area (Å²) in [4.78, 5) is 15.1. The summed E-state index contributed by atoms with van der Waals surface area (Å²) >= 11 is 0. The van der Waals surface area contributed by atoms with Crippen molar-refractivity contribution >= 4 is 5.91 Å². The number of benzene rings is 1. The number of amides is 1. The summed E-state index contributed by atoms with van der Waals surface area (Å²) in [5.74, 6) is 2.58. The second-order valence-electron chi connectivity index (χ2n) is 8.48. The van der Waals surface area contributed by atoms with Gasteiger partial charge in [-0.1, -0.05) is 12.8 Å². The average Bonchev–Trinajstić information content (AvgIpc) is 3.37. The molecule has 1 aliphatic heterocycles. The van der Waals surface area contributed by atoms with E-state index in [1.54, 1.807) is 0 Å². The van der Waals surface area contributed by atoms with Crippen molar-refractivity contribution in [1.29, 1.82) is 0 Å². The first-order valence-electron chi connectivity index (χ1n) is 10.5. The van der Waals surface area contributed by atoms with Crippen molar-refractivity contribution in [2.45, 2.75) is 57.4 Å². The predicted molar refractivity (Wildman–Crippen MR) is 104 cm³/mol. The second kappa shape index (κ2) is 8.43. The summed E-state index contributed by atoms with van der Waals surface area (Å²) in [6, 6.07) is 7.91. The molecule has 4 heteroatoms. The van der Waals surface area contributed by atoms with E-state index in [0.717, 1.165) is 55.7 Å². The monoisotopic (exact) mass is 356 g/mol. The molecular formula is C22H32N2O2. The van der Waals surface area contributed by atoms with E-state index >= 15 is 0 Å². The zero-order chi connectivity index (χ0) is 17.8. The van der Waals surface area contributed by atoms with E-state index in [0.29, 0.717) is 6.04 Å². The number of carbonyl (C=O) groups is 1. The van der Waals surface area contributed by atoms with Crippen LogP contribution in [0, 0.1) is 11.8 Å². The molecule has 1 N–H and O–H groups in total. The number of nitrogens with one attached hydrogen (secondary N) is 1. The molecule has 3 aliphatic rings. The number of ether oxygens (including phenoxy) is 1.